The van der Waals surface area contributed by atoms with Gasteiger partial charge in [-0.1, -0.05) is 33.8 Å². The standard InChI is InChI=1S/C15H13BrN6OS/c16-11-4-1-5-12(7-11)19-13(23)9-24-15-21-20-14(22(15)17)10-3-2-6-18-8-10/h1-8H,9,17H2,(H,19,23). The number of hydrogen-bond donors (Lipinski definition) is 2. The molecule has 9 heteroatoms. The molecule has 7 nitrogen and oxygen atoms in total. The molecule has 0 saturated carbocycles. The Morgan fingerprint density at radius 2 is 2.17 bits per heavy atom. The molecule has 122 valence electrons. The molecular formula is C15H13BrN6OS. The van der Waals surface area contributed by atoms with Crippen LogP contribution in [-0.4, -0.2) is 31.5 Å². The van der Waals surface area contributed by atoms with Crippen LogP contribution < -0.4 is 11.2 Å². The maximum atomic E-state index is 12.0. The zero-order chi connectivity index (χ0) is 16.9. The lowest BCUT2D eigenvalue weighted by Crippen LogP contribution is -2.16. The van der Waals surface area contributed by atoms with Crippen molar-refractivity contribution in [3.05, 3.63) is 53.3 Å². The van der Waals surface area contributed by atoms with E-state index in [0.717, 1.165) is 15.7 Å². The van der Waals surface area contributed by atoms with Crippen LogP contribution in [0.1, 0.15) is 0 Å². The Balaban J connectivity index is 1.63. The van der Waals surface area contributed by atoms with Gasteiger partial charge in [-0.05, 0) is 30.3 Å². The number of pyridine rings is 1. The highest BCUT2D eigenvalue weighted by molar-refractivity contribution is 9.10. The fourth-order valence-electron chi connectivity index (χ4n) is 1.96. The van der Waals surface area contributed by atoms with Crippen LogP contribution in [0.25, 0.3) is 11.4 Å². The number of aromatic nitrogens is 4. The summed E-state index contributed by atoms with van der Waals surface area (Å²) in [6.07, 6.45) is 3.32. The normalized spacial score (nSPS) is 10.5. The second-order valence-electron chi connectivity index (χ2n) is 4.77. The number of nitrogens with zero attached hydrogens (tertiary/aromatic N) is 4. The van der Waals surface area contributed by atoms with Gasteiger partial charge in [-0.15, -0.1) is 10.2 Å². The van der Waals surface area contributed by atoms with Crippen molar-refractivity contribution in [2.24, 2.45) is 0 Å². The fourth-order valence-corrected chi connectivity index (χ4v) is 3.02. The summed E-state index contributed by atoms with van der Waals surface area (Å²) in [4.78, 5) is 16.1. The van der Waals surface area contributed by atoms with Crippen LogP contribution >= 0.6 is 27.7 Å². The van der Waals surface area contributed by atoms with Gasteiger partial charge < -0.3 is 11.2 Å². The van der Waals surface area contributed by atoms with E-state index in [0.29, 0.717) is 11.0 Å². The van der Waals surface area contributed by atoms with Gasteiger partial charge >= 0.3 is 0 Å². The predicted octanol–water partition coefficient (Wildman–Crippen LogP) is 2.55. The lowest BCUT2D eigenvalue weighted by molar-refractivity contribution is -0.113. The summed E-state index contributed by atoms with van der Waals surface area (Å²) >= 11 is 4.58. The molecule has 3 rings (SSSR count). The molecule has 24 heavy (non-hydrogen) atoms. The van der Waals surface area contributed by atoms with Gasteiger partial charge in [0.15, 0.2) is 5.82 Å². The number of carbonyl (C=O) groups excluding carboxylic acids is 1. The first kappa shape index (κ1) is 16.5. The van der Waals surface area contributed by atoms with Crippen LogP contribution in [0.5, 0.6) is 0 Å². The van der Waals surface area contributed by atoms with Gasteiger partial charge in [0.05, 0.1) is 5.75 Å². The highest BCUT2D eigenvalue weighted by Gasteiger charge is 2.14. The summed E-state index contributed by atoms with van der Waals surface area (Å²) in [6.45, 7) is 0. The fraction of sp³-hybridized carbons (Fsp3) is 0.0667. The molecule has 3 N–H and O–H groups in total. The summed E-state index contributed by atoms with van der Waals surface area (Å²) in [7, 11) is 0. The van der Waals surface area contributed by atoms with Crippen LogP contribution in [0.2, 0.25) is 0 Å². The van der Waals surface area contributed by atoms with Crippen LogP contribution in [-0.2, 0) is 4.79 Å². The Morgan fingerprint density at radius 3 is 2.92 bits per heavy atom. The molecule has 0 radical (unpaired) electrons. The molecule has 0 bridgehead atoms. The number of nitrogen functional groups attached to an aromatic ring is 1. The third-order valence-corrected chi connectivity index (χ3v) is 4.46. The monoisotopic (exact) mass is 404 g/mol. The van der Waals surface area contributed by atoms with Crippen LogP contribution in [0.4, 0.5) is 5.69 Å². The van der Waals surface area contributed by atoms with Crippen molar-refractivity contribution in [3.63, 3.8) is 0 Å². The Kier molecular flexibility index (Phi) is 5.11. The number of thioether (sulfide) groups is 1. The minimum absolute atomic E-state index is 0.149. The number of nitrogens with one attached hydrogen (secondary N) is 1. The van der Waals surface area contributed by atoms with Crippen LogP contribution in [0, 0.1) is 0 Å². The third-order valence-electron chi connectivity index (χ3n) is 3.03. The van der Waals surface area contributed by atoms with Crippen molar-refractivity contribution >= 4 is 39.3 Å². The Labute approximate surface area is 150 Å². The average molecular weight is 405 g/mol. The van der Waals surface area contributed by atoms with Gasteiger partial charge in [0.1, 0.15) is 0 Å². The zero-order valence-electron chi connectivity index (χ0n) is 12.4. The number of rotatable bonds is 5. The van der Waals surface area contributed by atoms with Crippen molar-refractivity contribution in [1.82, 2.24) is 19.9 Å². The van der Waals surface area contributed by atoms with E-state index in [-0.39, 0.29) is 11.7 Å². The molecule has 0 aliphatic carbocycles. The van der Waals surface area contributed by atoms with Gasteiger partial charge in [-0.3, -0.25) is 9.78 Å². The first-order valence-electron chi connectivity index (χ1n) is 6.92. The molecule has 0 aliphatic rings. The van der Waals surface area contributed by atoms with E-state index in [1.54, 1.807) is 18.5 Å². The molecule has 0 spiro atoms. The van der Waals surface area contributed by atoms with Gasteiger partial charge in [0, 0.05) is 28.1 Å². The zero-order valence-corrected chi connectivity index (χ0v) is 14.8. The number of amides is 1. The van der Waals surface area contributed by atoms with E-state index in [4.69, 9.17) is 5.84 Å². The molecule has 0 fully saturated rings. The quantitative estimate of drug-likeness (QED) is 0.500. The Bertz CT molecular complexity index is 854. The molecule has 0 atom stereocenters. The molecule has 0 unspecified atom stereocenters. The van der Waals surface area contributed by atoms with Gasteiger partial charge in [0.25, 0.3) is 0 Å². The number of nitrogens with two attached hydrogens (primary N) is 1. The molecule has 2 aromatic heterocycles. The summed E-state index contributed by atoms with van der Waals surface area (Å²) in [5, 5.41) is 11.3. The topological polar surface area (TPSA) is 98.7 Å². The third kappa shape index (κ3) is 3.92. The number of carbonyl (C=O) groups is 1. The molecular weight excluding hydrogens is 392 g/mol. The maximum absolute atomic E-state index is 12.0. The van der Waals surface area contributed by atoms with E-state index in [2.05, 4.69) is 36.4 Å². The lowest BCUT2D eigenvalue weighted by atomic mass is 10.3. The molecule has 0 saturated heterocycles. The highest BCUT2D eigenvalue weighted by atomic mass is 79.9. The molecule has 0 aliphatic heterocycles. The van der Waals surface area contributed by atoms with Crippen molar-refractivity contribution in [3.8, 4) is 11.4 Å². The first-order valence-corrected chi connectivity index (χ1v) is 8.70. The van der Waals surface area contributed by atoms with Crippen molar-refractivity contribution in [1.29, 1.82) is 0 Å². The minimum atomic E-state index is -0.149. The Hall–Kier alpha value is -2.39. The number of anilines is 1. The predicted molar refractivity (Wildman–Crippen MR) is 96.9 cm³/mol. The summed E-state index contributed by atoms with van der Waals surface area (Å²) in [6, 6.07) is 11.0. The van der Waals surface area contributed by atoms with Gasteiger partial charge in [0.2, 0.25) is 11.1 Å². The number of hydrogen-bond acceptors (Lipinski definition) is 6. The number of benzene rings is 1. The Morgan fingerprint density at radius 1 is 1.29 bits per heavy atom. The molecule has 2 heterocycles. The highest BCUT2D eigenvalue weighted by Crippen LogP contribution is 2.21. The van der Waals surface area contributed by atoms with Gasteiger partial charge in [-0.25, -0.2) is 4.68 Å². The van der Waals surface area contributed by atoms with E-state index >= 15 is 0 Å². The van der Waals surface area contributed by atoms with Crippen molar-refractivity contribution in [2.75, 3.05) is 16.9 Å². The van der Waals surface area contributed by atoms with E-state index in [1.165, 1.54) is 16.4 Å². The van der Waals surface area contributed by atoms with Gasteiger partial charge in [-0.2, -0.15) is 0 Å². The first-order chi connectivity index (χ1) is 11.6. The van der Waals surface area contributed by atoms with E-state index in [1.807, 2.05) is 30.3 Å². The largest absolute Gasteiger partial charge is 0.335 e. The SMILES string of the molecule is Nn1c(SCC(=O)Nc2cccc(Br)c2)nnc1-c1cccnc1. The van der Waals surface area contributed by atoms with E-state index in [9.17, 15) is 4.79 Å². The minimum Gasteiger partial charge on any atom is -0.335 e. The maximum Gasteiger partial charge on any atom is 0.234 e. The summed E-state index contributed by atoms with van der Waals surface area (Å²) in [5.74, 6) is 6.52. The van der Waals surface area contributed by atoms with Crippen molar-refractivity contribution < 1.29 is 4.79 Å². The van der Waals surface area contributed by atoms with Crippen molar-refractivity contribution in [2.45, 2.75) is 5.16 Å². The second-order valence-corrected chi connectivity index (χ2v) is 6.62. The molecule has 3 aromatic rings. The number of halogens is 1. The average Bonchev–Trinajstić information content (AvgIpc) is 2.94. The molecule has 1 aromatic carbocycles. The van der Waals surface area contributed by atoms with Crippen LogP contribution in [0.3, 0.4) is 0 Å². The lowest BCUT2D eigenvalue weighted by Gasteiger charge is -2.06. The smallest absolute Gasteiger partial charge is 0.234 e. The summed E-state index contributed by atoms with van der Waals surface area (Å²) in [5.41, 5.74) is 1.48. The molecule has 1 amide bonds. The van der Waals surface area contributed by atoms with E-state index < -0.39 is 0 Å². The second kappa shape index (κ2) is 7.45. The summed E-state index contributed by atoms with van der Waals surface area (Å²) < 4.78 is 2.25. The van der Waals surface area contributed by atoms with Crippen LogP contribution in [0.15, 0.2) is 58.4 Å².